The van der Waals surface area contributed by atoms with Crippen molar-refractivity contribution in [1.29, 1.82) is 0 Å². The first-order valence-corrected chi connectivity index (χ1v) is 9.52. The average Bonchev–Trinajstić information content (AvgIpc) is 2.79. The number of halogens is 1. The minimum absolute atomic E-state index is 0. The van der Waals surface area contributed by atoms with E-state index in [1.54, 1.807) is 0 Å². The molecule has 1 aromatic rings. The number of nitrogens with one attached hydrogen (secondary N) is 1. The number of carbonyl (C=O) groups excluding carboxylic acids is 1. The first kappa shape index (κ1) is 21.0. The highest BCUT2D eigenvalue weighted by Crippen LogP contribution is 2.36. The number of carbonyl (C=O) groups is 1. The Kier molecular flexibility index (Phi) is 8.18. The molecule has 1 saturated carbocycles. The van der Waals surface area contributed by atoms with Crippen molar-refractivity contribution in [3.05, 3.63) is 35.9 Å². The fraction of sp³-hybridized carbons (Fsp3) is 0.600. The first-order valence-electron chi connectivity index (χ1n) is 9.52. The molecule has 1 aliphatic heterocycles. The Morgan fingerprint density at radius 3 is 2.50 bits per heavy atom. The van der Waals surface area contributed by atoms with Crippen LogP contribution in [-0.2, 0) is 4.79 Å². The molecule has 3 N–H and O–H groups in total. The molecule has 1 saturated heterocycles. The summed E-state index contributed by atoms with van der Waals surface area (Å²) < 4.78 is 0. The van der Waals surface area contributed by atoms with E-state index in [9.17, 15) is 4.79 Å². The Hall–Kier alpha value is -1.31. The summed E-state index contributed by atoms with van der Waals surface area (Å²) in [5, 5.41) is 3.39. The molecule has 1 amide bonds. The van der Waals surface area contributed by atoms with E-state index in [0.29, 0.717) is 25.0 Å². The van der Waals surface area contributed by atoms with Crippen LogP contribution in [0.15, 0.2) is 35.3 Å². The van der Waals surface area contributed by atoms with Gasteiger partial charge >= 0.3 is 0 Å². The summed E-state index contributed by atoms with van der Waals surface area (Å²) in [6.07, 6.45) is 8.07. The van der Waals surface area contributed by atoms with Gasteiger partial charge in [-0.15, -0.1) is 24.0 Å². The zero-order valence-corrected chi connectivity index (χ0v) is 17.9. The predicted octanol–water partition coefficient (Wildman–Crippen LogP) is 3.45. The Morgan fingerprint density at radius 1 is 1.19 bits per heavy atom. The lowest BCUT2D eigenvalue weighted by Gasteiger charge is -2.25. The molecule has 1 aliphatic carbocycles. The highest BCUT2D eigenvalue weighted by atomic mass is 127. The van der Waals surface area contributed by atoms with Crippen molar-refractivity contribution in [3.8, 4) is 0 Å². The van der Waals surface area contributed by atoms with Crippen LogP contribution >= 0.6 is 24.0 Å². The van der Waals surface area contributed by atoms with E-state index in [0.717, 1.165) is 0 Å². The van der Waals surface area contributed by atoms with Crippen LogP contribution in [0, 0.1) is 5.92 Å². The highest BCUT2D eigenvalue weighted by molar-refractivity contribution is 14.0. The number of hydrogen-bond acceptors (Lipinski definition) is 2. The maximum absolute atomic E-state index is 12.2. The van der Waals surface area contributed by atoms with Gasteiger partial charge in [0.15, 0.2) is 5.96 Å². The van der Waals surface area contributed by atoms with Gasteiger partial charge in [0.2, 0.25) is 5.91 Å². The van der Waals surface area contributed by atoms with Crippen molar-refractivity contribution in [2.75, 3.05) is 13.6 Å². The second-order valence-corrected chi connectivity index (χ2v) is 7.38. The molecule has 0 spiro atoms. The van der Waals surface area contributed by atoms with Gasteiger partial charge < -0.3 is 16.0 Å². The number of nitrogens with zero attached hydrogens (tertiary/aromatic N) is 2. The van der Waals surface area contributed by atoms with Crippen LogP contribution in [0.2, 0.25) is 0 Å². The van der Waals surface area contributed by atoms with Gasteiger partial charge in [0.05, 0.1) is 6.04 Å². The van der Waals surface area contributed by atoms with Gasteiger partial charge in [-0.05, 0) is 18.4 Å². The SMILES string of the molecule is CN1C(=O)CC(CN=C(N)NC2CCCCCC2)C1c1ccccc1.I. The van der Waals surface area contributed by atoms with Crippen LogP contribution in [-0.4, -0.2) is 36.4 Å². The standard InChI is InChI=1S/C20H30N4O.HI/c1-24-18(25)13-16(19(24)15-9-5-4-6-10-15)14-22-20(21)23-17-11-7-2-3-8-12-17;/h4-6,9-10,16-17,19H,2-3,7-8,11-14H2,1H3,(H3,21,22,23);1H. The van der Waals surface area contributed by atoms with Gasteiger partial charge in [0.1, 0.15) is 0 Å². The number of hydrogen-bond donors (Lipinski definition) is 2. The predicted molar refractivity (Wildman–Crippen MR) is 117 cm³/mol. The third-order valence-corrected chi connectivity index (χ3v) is 5.54. The summed E-state index contributed by atoms with van der Waals surface area (Å²) in [4.78, 5) is 18.6. The number of likely N-dealkylation sites (tertiary alicyclic amines) is 1. The average molecular weight is 470 g/mol. The summed E-state index contributed by atoms with van der Waals surface area (Å²) in [6, 6.07) is 10.8. The number of benzene rings is 1. The van der Waals surface area contributed by atoms with Gasteiger partial charge in [-0.1, -0.05) is 56.0 Å². The molecule has 26 heavy (non-hydrogen) atoms. The maximum atomic E-state index is 12.2. The maximum Gasteiger partial charge on any atom is 0.223 e. The lowest BCUT2D eigenvalue weighted by molar-refractivity contribution is -0.127. The fourth-order valence-electron chi connectivity index (χ4n) is 4.16. The first-order chi connectivity index (χ1) is 12.1. The summed E-state index contributed by atoms with van der Waals surface area (Å²) in [5.74, 6) is 0.888. The molecule has 2 aliphatic rings. The highest BCUT2D eigenvalue weighted by Gasteiger charge is 2.38. The van der Waals surface area contributed by atoms with Gasteiger partial charge in [-0.2, -0.15) is 0 Å². The van der Waals surface area contributed by atoms with Crippen molar-refractivity contribution in [3.63, 3.8) is 0 Å². The van der Waals surface area contributed by atoms with E-state index in [1.807, 2.05) is 30.1 Å². The molecule has 1 heterocycles. The zero-order valence-electron chi connectivity index (χ0n) is 15.6. The van der Waals surface area contributed by atoms with E-state index in [-0.39, 0.29) is 41.8 Å². The number of aliphatic imine (C=N–C) groups is 1. The van der Waals surface area contributed by atoms with Crippen LogP contribution in [0.5, 0.6) is 0 Å². The Labute approximate surface area is 173 Å². The zero-order chi connectivity index (χ0) is 17.6. The van der Waals surface area contributed by atoms with Gasteiger partial charge in [-0.25, -0.2) is 0 Å². The lowest BCUT2D eigenvalue weighted by atomic mass is 9.94. The van der Waals surface area contributed by atoms with E-state index in [1.165, 1.54) is 44.1 Å². The molecule has 0 bridgehead atoms. The third-order valence-electron chi connectivity index (χ3n) is 5.54. The Morgan fingerprint density at radius 2 is 1.85 bits per heavy atom. The van der Waals surface area contributed by atoms with Crippen molar-refractivity contribution in [1.82, 2.24) is 10.2 Å². The minimum Gasteiger partial charge on any atom is -0.370 e. The molecular formula is C20H31IN4O. The number of amides is 1. The molecule has 2 atom stereocenters. The van der Waals surface area contributed by atoms with Crippen LogP contribution < -0.4 is 11.1 Å². The van der Waals surface area contributed by atoms with Crippen LogP contribution in [0.1, 0.15) is 56.6 Å². The second-order valence-electron chi connectivity index (χ2n) is 7.38. The fourth-order valence-corrected chi connectivity index (χ4v) is 4.16. The smallest absolute Gasteiger partial charge is 0.223 e. The van der Waals surface area contributed by atoms with Crippen molar-refractivity contribution < 1.29 is 4.79 Å². The molecule has 2 unspecified atom stereocenters. The van der Waals surface area contributed by atoms with E-state index in [4.69, 9.17) is 5.73 Å². The Bertz CT molecular complexity index is 599. The molecule has 3 rings (SSSR count). The quantitative estimate of drug-likeness (QED) is 0.307. The molecule has 0 aromatic heterocycles. The van der Waals surface area contributed by atoms with Gasteiger partial charge in [0.25, 0.3) is 0 Å². The van der Waals surface area contributed by atoms with E-state index in [2.05, 4.69) is 22.4 Å². The molecule has 5 nitrogen and oxygen atoms in total. The van der Waals surface area contributed by atoms with Crippen LogP contribution in [0.4, 0.5) is 0 Å². The summed E-state index contributed by atoms with van der Waals surface area (Å²) >= 11 is 0. The number of guanidine groups is 1. The molecule has 2 fully saturated rings. The molecular weight excluding hydrogens is 439 g/mol. The van der Waals surface area contributed by atoms with Crippen molar-refractivity contribution >= 4 is 35.8 Å². The molecule has 1 aromatic carbocycles. The van der Waals surface area contributed by atoms with Crippen molar-refractivity contribution in [2.24, 2.45) is 16.6 Å². The topological polar surface area (TPSA) is 70.7 Å². The third kappa shape index (κ3) is 5.34. The molecule has 6 heteroatoms. The molecule has 0 radical (unpaired) electrons. The van der Waals surface area contributed by atoms with Crippen LogP contribution in [0.25, 0.3) is 0 Å². The largest absolute Gasteiger partial charge is 0.370 e. The normalized spacial score (nSPS) is 24.9. The summed E-state index contributed by atoms with van der Waals surface area (Å²) in [6.45, 7) is 0.585. The monoisotopic (exact) mass is 470 g/mol. The number of nitrogens with two attached hydrogens (primary N) is 1. The second kappa shape index (κ2) is 10.1. The Balaban J connectivity index is 0.00000243. The molecule has 144 valence electrons. The van der Waals surface area contributed by atoms with Crippen LogP contribution in [0.3, 0.4) is 0 Å². The van der Waals surface area contributed by atoms with Gasteiger partial charge in [-0.3, -0.25) is 9.79 Å². The van der Waals surface area contributed by atoms with E-state index < -0.39 is 0 Å². The summed E-state index contributed by atoms with van der Waals surface area (Å²) in [7, 11) is 1.89. The van der Waals surface area contributed by atoms with Gasteiger partial charge in [0, 0.05) is 32.0 Å². The number of rotatable bonds is 4. The van der Waals surface area contributed by atoms with E-state index >= 15 is 0 Å². The summed E-state index contributed by atoms with van der Waals surface area (Å²) in [5.41, 5.74) is 7.30. The lowest BCUT2D eigenvalue weighted by Crippen LogP contribution is -2.40. The van der Waals surface area contributed by atoms with Crippen molar-refractivity contribution in [2.45, 2.75) is 57.0 Å². The minimum atomic E-state index is 0.